The van der Waals surface area contributed by atoms with E-state index >= 15 is 0 Å². The molecule has 2 amide bonds. The molecular weight excluding hydrogens is 322 g/mol. The highest BCUT2D eigenvalue weighted by molar-refractivity contribution is 9.10. The Bertz CT molecular complexity index is 511. The third-order valence-corrected chi connectivity index (χ3v) is 4.20. The van der Waals surface area contributed by atoms with Crippen LogP contribution in [0.2, 0.25) is 0 Å². The van der Waals surface area contributed by atoms with Crippen LogP contribution in [0.15, 0.2) is 22.7 Å². The second-order valence-electron chi connectivity index (χ2n) is 4.76. The fourth-order valence-electron chi connectivity index (χ4n) is 2.11. The number of carbonyl (C=O) groups is 2. The van der Waals surface area contributed by atoms with E-state index in [0.29, 0.717) is 18.8 Å². The molecule has 2 rings (SSSR count). The van der Waals surface area contributed by atoms with Crippen LogP contribution in [0.3, 0.4) is 0 Å². The Morgan fingerprint density at radius 1 is 1.30 bits per heavy atom. The molecule has 1 aromatic rings. The van der Waals surface area contributed by atoms with Crippen molar-refractivity contribution in [2.45, 2.75) is 13.3 Å². The highest BCUT2D eigenvalue weighted by Gasteiger charge is 2.23. The molecule has 1 aliphatic rings. The third-order valence-electron chi connectivity index (χ3n) is 3.34. The SMILES string of the molecule is Cc1c(Br)cccc1NC(=O)C(=O)N1CCCNCC1. The van der Waals surface area contributed by atoms with Gasteiger partial charge in [0.15, 0.2) is 0 Å². The van der Waals surface area contributed by atoms with Gasteiger partial charge in [0.05, 0.1) is 0 Å². The Morgan fingerprint density at radius 3 is 2.90 bits per heavy atom. The molecule has 0 spiro atoms. The highest BCUT2D eigenvalue weighted by Crippen LogP contribution is 2.23. The number of anilines is 1. The summed E-state index contributed by atoms with van der Waals surface area (Å²) in [5.74, 6) is -1.04. The van der Waals surface area contributed by atoms with Gasteiger partial charge in [-0.05, 0) is 37.6 Å². The van der Waals surface area contributed by atoms with Gasteiger partial charge in [0.1, 0.15) is 0 Å². The maximum atomic E-state index is 12.1. The number of rotatable bonds is 1. The molecule has 1 aliphatic heterocycles. The summed E-state index contributed by atoms with van der Waals surface area (Å²) in [5.41, 5.74) is 1.57. The maximum absolute atomic E-state index is 12.1. The second-order valence-corrected chi connectivity index (χ2v) is 5.62. The molecule has 20 heavy (non-hydrogen) atoms. The molecule has 108 valence electrons. The first-order valence-electron chi connectivity index (χ1n) is 6.65. The molecule has 0 saturated carbocycles. The summed E-state index contributed by atoms with van der Waals surface area (Å²) in [4.78, 5) is 25.8. The topological polar surface area (TPSA) is 61.4 Å². The summed E-state index contributed by atoms with van der Waals surface area (Å²) < 4.78 is 0.904. The van der Waals surface area contributed by atoms with Crippen LogP contribution in [0.25, 0.3) is 0 Å². The molecule has 5 nitrogen and oxygen atoms in total. The molecule has 0 atom stereocenters. The number of amides is 2. The standard InChI is InChI=1S/C14H18BrN3O2/c1-10-11(15)4-2-5-12(10)17-13(19)14(20)18-8-3-6-16-7-9-18/h2,4-5,16H,3,6-9H2,1H3,(H,17,19). The Labute approximate surface area is 126 Å². The fourth-order valence-corrected chi connectivity index (χ4v) is 2.48. The zero-order valence-electron chi connectivity index (χ0n) is 11.4. The summed E-state index contributed by atoms with van der Waals surface area (Å²) in [7, 11) is 0. The van der Waals surface area contributed by atoms with Crippen molar-refractivity contribution in [2.24, 2.45) is 0 Å². The lowest BCUT2D eigenvalue weighted by Crippen LogP contribution is -2.41. The molecule has 1 fully saturated rings. The van der Waals surface area contributed by atoms with Crippen molar-refractivity contribution in [3.8, 4) is 0 Å². The van der Waals surface area contributed by atoms with E-state index < -0.39 is 11.8 Å². The third kappa shape index (κ3) is 3.58. The Hall–Kier alpha value is -1.40. The monoisotopic (exact) mass is 339 g/mol. The van der Waals surface area contributed by atoms with Crippen LogP contribution in [0.4, 0.5) is 5.69 Å². The first-order valence-corrected chi connectivity index (χ1v) is 7.45. The minimum atomic E-state index is -0.576. The van der Waals surface area contributed by atoms with E-state index in [9.17, 15) is 9.59 Å². The van der Waals surface area contributed by atoms with Crippen molar-refractivity contribution in [1.82, 2.24) is 10.2 Å². The Morgan fingerprint density at radius 2 is 2.10 bits per heavy atom. The van der Waals surface area contributed by atoms with Crippen molar-refractivity contribution >= 4 is 33.4 Å². The first-order chi connectivity index (χ1) is 9.59. The average Bonchev–Trinajstić information content (AvgIpc) is 2.72. The molecule has 0 aliphatic carbocycles. The molecule has 6 heteroatoms. The second kappa shape index (κ2) is 6.85. The summed E-state index contributed by atoms with van der Waals surface area (Å²) in [5, 5.41) is 5.89. The van der Waals surface area contributed by atoms with Crippen LogP contribution in [0.1, 0.15) is 12.0 Å². The predicted octanol–water partition coefficient (Wildman–Crippen LogP) is 1.52. The van der Waals surface area contributed by atoms with Gasteiger partial charge in [-0.15, -0.1) is 0 Å². The number of nitrogens with one attached hydrogen (secondary N) is 2. The van der Waals surface area contributed by atoms with Gasteiger partial charge in [-0.2, -0.15) is 0 Å². The van der Waals surface area contributed by atoms with Gasteiger partial charge >= 0.3 is 11.8 Å². The van der Waals surface area contributed by atoms with Gasteiger partial charge in [-0.25, -0.2) is 0 Å². The van der Waals surface area contributed by atoms with Crippen molar-refractivity contribution in [1.29, 1.82) is 0 Å². The smallest absolute Gasteiger partial charge is 0.313 e. The molecule has 0 radical (unpaired) electrons. The quantitative estimate of drug-likeness (QED) is 0.762. The van der Waals surface area contributed by atoms with Gasteiger partial charge < -0.3 is 15.5 Å². The normalized spacial score (nSPS) is 15.6. The van der Waals surface area contributed by atoms with Gasteiger partial charge in [-0.1, -0.05) is 22.0 Å². The van der Waals surface area contributed by atoms with E-state index in [1.807, 2.05) is 19.1 Å². The van der Waals surface area contributed by atoms with E-state index in [-0.39, 0.29) is 0 Å². The highest BCUT2D eigenvalue weighted by atomic mass is 79.9. The number of carbonyl (C=O) groups excluding carboxylic acids is 2. The number of hydrogen-bond donors (Lipinski definition) is 2. The van der Waals surface area contributed by atoms with E-state index in [1.165, 1.54) is 0 Å². The Balaban J connectivity index is 2.03. The lowest BCUT2D eigenvalue weighted by Gasteiger charge is -2.19. The minimum absolute atomic E-state index is 0.465. The molecule has 0 unspecified atom stereocenters. The molecule has 1 saturated heterocycles. The lowest BCUT2D eigenvalue weighted by atomic mass is 10.2. The summed E-state index contributed by atoms with van der Waals surface area (Å²) >= 11 is 3.41. The number of hydrogen-bond acceptors (Lipinski definition) is 3. The van der Waals surface area contributed by atoms with Crippen LogP contribution >= 0.6 is 15.9 Å². The van der Waals surface area contributed by atoms with Crippen LogP contribution < -0.4 is 10.6 Å². The number of benzene rings is 1. The van der Waals surface area contributed by atoms with Gasteiger partial charge in [-0.3, -0.25) is 9.59 Å². The molecule has 0 bridgehead atoms. The zero-order chi connectivity index (χ0) is 14.5. The average molecular weight is 340 g/mol. The fraction of sp³-hybridized carbons (Fsp3) is 0.429. The van der Waals surface area contributed by atoms with E-state index in [4.69, 9.17) is 0 Å². The van der Waals surface area contributed by atoms with Crippen molar-refractivity contribution < 1.29 is 9.59 Å². The molecule has 0 aromatic heterocycles. The number of halogens is 1. The van der Waals surface area contributed by atoms with Crippen LogP contribution in [-0.4, -0.2) is 42.9 Å². The van der Waals surface area contributed by atoms with E-state index in [0.717, 1.165) is 29.5 Å². The van der Waals surface area contributed by atoms with Gasteiger partial charge in [0.25, 0.3) is 0 Å². The zero-order valence-corrected chi connectivity index (χ0v) is 13.0. The van der Waals surface area contributed by atoms with Gasteiger partial charge in [0, 0.05) is 29.8 Å². The first kappa shape index (κ1) is 15.0. The minimum Gasteiger partial charge on any atom is -0.333 e. The van der Waals surface area contributed by atoms with E-state index in [2.05, 4.69) is 26.6 Å². The van der Waals surface area contributed by atoms with Crippen LogP contribution in [0.5, 0.6) is 0 Å². The van der Waals surface area contributed by atoms with Crippen molar-refractivity contribution in [2.75, 3.05) is 31.5 Å². The molecule has 2 N–H and O–H groups in total. The van der Waals surface area contributed by atoms with Crippen molar-refractivity contribution in [3.05, 3.63) is 28.2 Å². The molecule has 1 heterocycles. The largest absolute Gasteiger partial charge is 0.333 e. The summed E-state index contributed by atoms with van der Waals surface area (Å²) in [6, 6.07) is 5.51. The van der Waals surface area contributed by atoms with Crippen LogP contribution in [-0.2, 0) is 9.59 Å². The summed E-state index contributed by atoms with van der Waals surface area (Å²) in [6.07, 6.45) is 0.870. The Kier molecular flexibility index (Phi) is 5.14. The number of nitrogens with zero attached hydrogens (tertiary/aromatic N) is 1. The van der Waals surface area contributed by atoms with E-state index in [1.54, 1.807) is 11.0 Å². The van der Waals surface area contributed by atoms with Gasteiger partial charge in [0.2, 0.25) is 0 Å². The predicted molar refractivity (Wildman–Crippen MR) is 81.6 cm³/mol. The summed E-state index contributed by atoms with van der Waals surface area (Å²) in [6.45, 7) is 4.70. The van der Waals surface area contributed by atoms with Crippen LogP contribution in [0, 0.1) is 6.92 Å². The maximum Gasteiger partial charge on any atom is 0.313 e. The molecule has 1 aromatic carbocycles. The lowest BCUT2D eigenvalue weighted by molar-refractivity contribution is -0.143. The van der Waals surface area contributed by atoms with Crippen molar-refractivity contribution in [3.63, 3.8) is 0 Å². The molecular formula is C14H18BrN3O2.